The van der Waals surface area contributed by atoms with E-state index in [1.807, 2.05) is 38.5 Å². The molecule has 0 N–H and O–H groups in total. The summed E-state index contributed by atoms with van der Waals surface area (Å²) in [6, 6.07) is 24.9. The van der Waals surface area contributed by atoms with Crippen LogP contribution in [0, 0.1) is 0 Å². The fourth-order valence-corrected chi connectivity index (χ4v) is 2.77. The minimum atomic E-state index is 0.853. The van der Waals surface area contributed by atoms with Crippen LogP contribution in [-0.2, 0) is 0 Å². The first-order chi connectivity index (χ1) is 12.2. The summed E-state index contributed by atoms with van der Waals surface area (Å²) in [7, 11) is 5.53. The summed E-state index contributed by atoms with van der Waals surface area (Å²) < 4.78 is 5.27. The van der Waals surface area contributed by atoms with Gasteiger partial charge in [0, 0.05) is 19.7 Å². The van der Waals surface area contributed by atoms with Gasteiger partial charge in [0.2, 0.25) is 0 Å². The molecule has 0 atom stereocenters. The Bertz CT molecular complexity index is 853. The lowest BCUT2D eigenvalue weighted by molar-refractivity contribution is 0.415. The first kappa shape index (κ1) is 16.8. The summed E-state index contributed by atoms with van der Waals surface area (Å²) in [5, 5.41) is 6.29. The van der Waals surface area contributed by atoms with Crippen LogP contribution in [0.15, 0.2) is 77.9 Å². The van der Waals surface area contributed by atoms with Crippen LogP contribution in [0.3, 0.4) is 0 Å². The number of benzene rings is 3. The smallest absolute Gasteiger partial charge is 0.118 e. The monoisotopic (exact) mass is 330 g/mol. The summed E-state index contributed by atoms with van der Waals surface area (Å²) in [6.45, 7) is 0. The second-order valence-electron chi connectivity index (χ2n) is 5.95. The van der Waals surface area contributed by atoms with Gasteiger partial charge in [-0.1, -0.05) is 60.7 Å². The molecule has 0 aliphatic carbocycles. The zero-order valence-corrected chi connectivity index (χ0v) is 14.8. The lowest BCUT2D eigenvalue weighted by Gasteiger charge is -2.14. The molecule has 3 heteroatoms. The SMILES string of the molecule is COc1ccc(-c2cccc(-c3ccccc3)c2/C=N/N(C)C)cc1. The second-order valence-corrected chi connectivity index (χ2v) is 5.95. The van der Waals surface area contributed by atoms with E-state index in [4.69, 9.17) is 4.74 Å². The molecule has 0 aliphatic heterocycles. The highest BCUT2D eigenvalue weighted by atomic mass is 16.5. The Morgan fingerprint density at radius 3 is 1.92 bits per heavy atom. The van der Waals surface area contributed by atoms with Crippen molar-refractivity contribution < 1.29 is 4.74 Å². The topological polar surface area (TPSA) is 24.8 Å². The number of hydrogen-bond donors (Lipinski definition) is 0. The summed E-state index contributed by atoms with van der Waals surface area (Å²) in [5.74, 6) is 0.853. The van der Waals surface area contributed by atoms with Crippen LogP contribution in [0.25, 0.3) is 22.3 Å². The average Bonchev–Trinajstić information content (AvgIpc) is 2.67. The van der Waals surface area contributed by atoms with Crippen molar-refractivity contribution in [2.45, 2.75) is 0 Å². The fourth-order valence-electron chi connectivity index (χ4n) is 2.77. The van der Waals surface area contributed by atoms with Gasteiger partial charge < -0.3 is 9.75 Å². The number of nitrogens with zero attached hydrogens (tertiary/aromatic N) is 2. The Balaban J connectivity index is 2.17. The maximum absolute atomic E-state index is 5.27. The number of methoxy groups -OCH3 is 1. The molecule has 25 heavy (non-hydrogen) atoms. The van der Waals surface area contributed by atoms with E-state index < -0.39 is 0 Å². The van der Waals surface area contributed by atoms with Crippen molar-refractivity contribution in [3.05, 3.63) is 78.4 Å². The Morgan fingerprint density at radius 1 is 0.760 bits per heavy atom. The van der Waals surface area contributed by atoms with E-state index in [9.17, 15) is 0 Å². The highest BCUT2D eigenvalue weighted by Crippen LogP contribution is 2.32. The molecule has 0 fully saturated rings. The molecule has 0 aliphatic rings. The third-order valence-electron chi connectivity index (χ3n) is 4.01. The Hall–Kier alpha value is -3.07. The lowest BCUT2D eigenvalue weighted by Crippen LogP contribution is -2.03. The molecule has 3 aromatic carbocycles. The third-order valence-corrected chi connectivity index (χ3v) is 4.01. The van der Waals surface area contributed by atoms with Gasteiger partial charge in [-0.2, -0.15) is 5.10 Å². The number of ether oxygens (including phenoxy) is 1. The van der Waals surface area contributed by atoms with Gasteiger partial charge in [0.25, 0.3) is 0 Å². The summed E-state index contributed by atoms with van der Waals surface area (Å²) >= 11 is 0. The molecule has 0 amide bonds. The zero-order chi connectivity index (χ0) is 17.6. The van der Waals surface area contributed by atoms with E-state index in [1.165, 1.54) is 11.1 Å². The quantitative estimate of drug-likeness (QED) is 0.490. The molecule has 0 saturated heterocycles. The van der Waals surface area contributed by atoms with Crippen molar-refractivity contribution in [2.75, 3.05) is 21.2 Å². The maximum Gasteiger partial charge on any atom is 0.118 e. The molecule has 0 radical (unpaired) electrons. The van der Waals surface area contributed by atoms with Gasteiger partial charge in [-0.05, 0) is 34.4 Å². The molecule has 0 spiro atoms. The summed E-state index contributed by atoms with van der Waals surface area (Å²) in [5.41, 5.74) is 5.73. The molecule has 0 saturated carbocycles. The Kier molecular flexibility index (Phi) is 5.14. The van der Waals surface area contributed by atoms with Gasteiger partial charge in [0.05, 0.1) is 13.3 Å². The number of rotatable bonds is 5. The third kappa shape index (κ3) is 3.89. The van der Waals surface area contributed by atoms with E-state index in [0.717, 1.165) is 22.4 Å². The van der Waals surface area contributed by atoms with Crippen LogP contribution in [0.4, 0.5) is 0 Å². The van der Waals surface area contributed by atoms with Gasteiger partial charge in [0.1, 0.15) is 5.75 Å². The first-order valence-electron chi connectivity index (χ1n) is 8.23. The van der Waals surface area contributed by atoms with Crippen molar-refractivity contribution in [1.29, 1.82) is 0 Å². The minimum absolute atomic E-state index is 0.853. The number of hydrogen-bond acceptors (Lipinski definition) is 3. The molecule has 3 rings (SSSR count). The second kappa shape index (κ2) is 7.67. The Labute approximate surface area is 149 Å². The average molecular weight is 330 g/mol. The maximum atomic E-state index is 5.27. The van der Waals surface area contributed by atoms with E-state index >= 15 is 0 Å². The van der Waals surface area contributed by atoms with Gasteiger partial charge in [-0.3, -0.25) is 0 Å². The molecule has 0 unspecified atom stereocenters. The van der Waals surface area contributed by atoms with Crippen molar-refractivity contribution >= 4 is 6.21 Å². The lowest BCUT2D eigenvalue weighted by atomic mass is 9.92. The van der Waals surface area contributed by atoms with E-state index in [0.29, 0.717) is 0 Å². The predicted octanol–water partition coefficient (Wildman–Crippen LogP) is 4.92. The highest BCUT2D eigenvalue weighted by molar-refractivity contribution is 5.98. The predicted molar refractivity (Wildman–Crippen MR) is 105 cm³/mol. The summed E-state index contributed by atoms with van der Waals surface area (Å²) in [4.78, 5) is 0. The largest absolute Gasteiger partial charge is 0.497 e. The van der Waals surface area contributed by atoms with Crippen molar-refractivity contribution in [2.24, 2.45) is 5.10 Å². The zero-order valence-electron chi connectivity index (χ0n) is 14.8. The van der Waals surface area contributed by atoms with E-state index in [1.54, 1.807) is 12.1 Å². The van der Waals surface area contributed by atoms with Crippen LogP contribution in [-0.4, -0.2) is 32.4 Å². The van der Waals surface area contributed by atoms with Crippen LogP contribution < -0.4 is 4.74 Å². The van der Waals surface area contributed by atoms with E-state index in [2.05, 4.69) is 59.7 Å². The highest BCUT2D eigenvalue weighted by Gasteiger charge is 2.10. The molecule has 3 nitrogen and oxygen atoms in total. The van der Waals surface area contributed by atoms with E-state index in [-0.39, 0.29) is 0 Å². The first-order valence-corrected chi connectivity index (χ1v) is 8.23. The van der Waals surface area contributed by atoms with Crippen LogP contribution in [0.2, 0.25) is 0 Å². The molecular weight excluding hydrogens is 308 g/mol. The van der Waals surface area contributed by atoms with Crippen LogP contribution in [0.5, 0.6) is 5.75 Å². The molecule has 0 heterocycles. The Morgan fingerprint density at radius 2 is 1.36 bits per heavy atom. The van der Waals surface area contributed by atoms with Crippen molar-refractivity contribution in [3.8, 4) is 28.0 Å². The number of hydrazone groups is 1. The standard InChI is InChI=1S/C22H22N2O/c1-24(2)23-16-22-20(17-8-5-4-6-9-17)10-7-11-21(22)18-12-14-19(25-3)15-13-18/h4-16H,1-3H3/b23-16+. The summed E-state index contributed by atoms with van der Waals surface area (Å²) in [6.07, 6.45) is 1.93. The van der Waals surface area contributed by atoms with Crippen LogP contribution in [0.1, 0.15) is 5.56 Å². The van der Waals surface area contributed by atoms with Crippen molar-refractivity contribution in [3.63, 3.8) is 0 Å². The minimum Gasteiger partial charge on any atom is -0.497 e. The van der Waals surface area contributed by atoms with Crippen molar-refractivity contribution in [1.82, 2.24) is 5.01 Å². The van der Waals surface area contributed by atoms with Gasteiger partial charge in [-0.15, -0.1) is 0 Å². The van der Waals surface area contributed by atoms with Gasteiger partial charge in [0.15, 0.2) is 0 Å². The fraction of sp³-hybridized carbons (Fsp3) is 0.136. The molecule has 3 aromatic rings. The molecule has 126 valence electrons. The normalized spacial score (nSPS) is 10.8. The molecule has 0 bridgehead atoms. The molecule has 0 aromatic heterocycles. The molecular formula is C22H22N2O. The van der Waals surface area contributed by atoms with Gasteiger partial charge >= 0.3 is 0 Å². The van der Waals surface area contributed by atoms with Gasteiger partial charge in [-0.25, -0.2) is 0 Å². The van der Waals surface area contributed by atoms with Crippen LogP contribution >= 0.6 is 0 Å².